The summed E-state index contributed by atoms with van der Waals surface area (Å²) in [6.45, 7) is 42.7. The molecule has 0 saturated heterocycles. The van der Waals surface area contributed by atoms with Crippen molar-refractivity contribution < 1.29 is 190 Å². The summed E-state index contributed by atoms with van der Waals surface area (Å²) in [4.78, 5) is 20.1. The monoisotopic (exact) mass is 2050 g/mol. The van der Waals surface area contributed by atoms with Crippen LogP contribution in [0.1, 0.15) is 131 Å². The number of aliphatic hydroxyl groups is 20. The molecule has 0 atom stereocenters. The Labute approximate surface area is 778 Å². The maximum Gasteiger partial charge on any atom is 0.329 e. The third kappa shape index (κ3) is 4040. The lowest BCUT2D eigenvalue weighted by molar-refractivity contribution is -0.140. The zero-order chi connectivity index (χ0) is 119. The Bertz CT molecular complexity index is 1500. The largest absolute Gasteiger partial charge is 0.748 e. The van der Waals surface area contributed by atoms with E-state index in [4.69, 9.17) is 154 Å². The van der Waals surface area contributed by atoms with Gasteiger partial charge in [0.2, 0.25) is 0 Å². The fraction of sp³-hybridized carbons (Fsp3) is 0.912. The molecule has 0 radical (unpaired) electrons. The molecular weight excluding hydrogens is 1820 g/mol. The highest BCUT2D eigenvalue weighted by Gasteiger charge is 2.04. The number of rotatable bonds is 10. The minimum Gasteiger partial charge on any atom is -0.748 e. The highest BCUT2D eigenvalue weighted by Crippen LogP contribution is 1.86. The van der Waals surface area contributed by atoms with Crippen LogP contribution in [-0.2, 0) is 79.2 Å². The normalized spacial score (nSPS) is 5.98. The smallest absolute Gasteiger partial charge is 0.329 e. The van der Waals surface area contributed by atoms with E-state index in [1.165, 1.54) is 84.7 Å². The van der Waals surface area contributed by atoms with Crippen molar-refractivity contribution in [3.05, 3.63) is 24.6 Å². The van der Waals surface area contributed by atoms with Crippen LogP contribution in [0.25, 0.3) is 0 Å². The fourth-order valence-electron chi connectivity index (χ4n) is 0.932. The van der Waals surface area contributed by atoms with E-state index in [1.54, 1.807) is 27.9 Å². The molecule has 0 spiro atoms. The highest BCUT2D eigenvalue weighted by molar-refractivity contribution is 7.94. The summed E-state index contributed by atoms with van der Waals surface area (Å²) in [6.07, 6.45) is 3.98. The van der Waals surface area contributed by atoms with E-state index in [9.17, 15) is 26.4 Å². The van der Waals surface area contributed by atoms with Crippen LogP contribution < -0.4 is 68.0 Å². The molecule has 0 aromatic rings. The minimum absolute atomic E-state index is 0.149. The van der Waals surface area contributed by atoms with Crippen molar-refractivity contribution >= 4 is 72.1 Å². The summed E-state index contributed by atoms with van der Waals surface area (Å²) in [6, 6.07) is 0. The topological polar surface area (TPSA) is 1040 Å². The van der Waals surface area contributed by atoms with Gasteiger partial charge in [0.05, 0.1) is 72.6 Å². The summed E-state index contributed by atoms with van der Waals surface area (Å²) in [5, 5.41) is 147. The Morgan fingerprint density at radius 2 is 0.405 bits per heavy atom. The first-order chi connectivity index (χ1) is 59.9. The molecule has 0 aromatic carbocycles. The van der Waals surface area contributed by atoms with Crippen molar-refractivity contribution in [1.82, 2.24) is 10.6 Å². The van der Waals surface area contributed by atoms with Crippen LogP contribution in [-0.4, -0.2) is 479 Å². The Morgan fingerprint density at radius 3 is 0.452 bits per heavy atom. The van der Waals surface area contributed by atoms with Gasteiger partial charge in [-0.1, -0.05) is 138 Å². The summed E-state index contributed by atoms with van der Waals surface area (Å²) < 4.78 is 159. The van der Waals surface area contributed by atoms with Gasteiger partial charge in [-0.3, -0.25) is 4.79 Å². The first kappa shape index (κ1) is 309. The molecule has 0 aromatic heterocycles. The van der Waals surface area contributed by atoms with E-state index in [0.717, 1.165) is 154 Å². The second-order valence-corrected chi connectivity index (χ2v) is 18.3. The highest BCUT2D eigenvalue weighted by atomic mass is 32.2. The van der Waals surface area contributed by atoms with E-state index in [1.807, 2.05) is 111 Å². The SMILES string of the molecule is C=CC(=O)OC.C=CS(=O)(=O)CC.CC.CC.CC.CC.CC.CC.CC.CC.CCS(=O)(=O)CCNC.CN.CN.CN.CN.CN.CN.CN.CN.CN.CN.CNCCC(=O)OC.CO.CO.CO.CO.CO.CO.CO.CO.CO.CO.CO.CO.CO.CO.CO.CO.CO.CO.CO.CO.CS(=O)(=O)[O-].CS(=O)(=O)[O-].CS(=O)(=O)[O-].CS(=O)(=O)[O-]. The molecular formula is C68H228N12O40S6-4. The van der Waals surface area contributed by atoms with Gasteiger partial charge in [0.1, 0.15) is 0 Å². The van der Waals surface area contributed by atoms with Gasteiger partial charge in [0.15, 0.2) is 19.7 Å². The van der Waals surface area contributed by atoms with Gasteiger partial charge in [-0.05, 0) is 84.6 Å². The van der Waals surface area contributed by atoms with Crippen molar-refractivity contribution in [3.63, 3.8) is 0 Å². The van der Waals surface area contributed by atoms with E-state index in [-0.39, 0.29) is 23.2 Å². The van der Waals surface area contributed by atoms with E-state index in [0.29, 0.717) is 44.5 Å². The number of methoxy groups -OCH3 is 2. The number of esters is 2. The third-order valence-corrected chi connectivity index (χ3v) is 5.95. The van der Waals surface area contributed by atoms with Crippen LogP contribution in [0.15, 0.2) is 24.6 Å². The molecule has 0 amide bonds. The van der Waals surface area contributed by atoms with Crippen LogP contribution in [0.2, 0.25) is 0 Å². The molecule has 0 saturated carbocycles. The summed E-state index contributed by atoms with van der Waals surface area (Å²) >= 11 is 0. The minimum atomic E-state index is -3.92. The Kier molecular flexibility index (Phi) is 1690. The number of aliphatic hydroxyl groups excluding tert-OH is 20. The zero-order valence-corrected chi connectivity index (χ0v) is 95.0. The summed E-state index contributed by atoms with van der Waals surface area (Å²) in [7, 11) is 19.9. The quantitative estimate of drug-likeness (QED) is 0.0549. The molecule has 0 aliphatic carbocycles. The zero-order valence-electron chi connectivity index (χ0n) is 90.1. The van der Waals surface area contributed by atoms with Gasteiger partial charge in [0.25, 0.3) is 0 Å². The number of nitrogens with two attached hydrogens (primary N) is 10. The van der Waals surface area contributed by atoms with Crippen LogP contribution in [0, 0.1) is 0 Å². The molecule has 840 valence electrons. The van der Waals surface area contributed by atoms with E-state index in [2.05, 4.69) is 90.6 Å². The number of hydrogen-bond acceptors (Lipinski definition) is 52. The first-order valence-electron chi connectivity index (χ1n) is 35.3. The standard InChI is InChI=1S/C5H13NO2S.C5H11NO2.C4H8O2S.C4H6O2.8C2H6.10CH5N.4CH4O3S.20CH4O/c1-3-9(7,8)5-4-6-2;1-6-4-3-5(7)8-2;1-3-7(5,6)4-2;1-3-4(5)6-2;18*1-2;4*1-5(2,3)4;20*1-2/h6H,3-5H2,1-2H3;6H,3-4H2,1-2H3;3H,1,4H2,2H3;3H,1H2,2H3;8*1-2H3;10*2H2,1H3;4*1H3,(H,2,3,4);20*2H,1H3/p-4. The van der Waals surface area contributed by atoms with Crippen molar-refractivity contribution in [1.29, 1.82) is 0 Å². The number of nitrogens with one attached hydrogen (secondary N) is 2. The van der Waals surface area contributed by atoms with E-state index >= 15 is 0 Å². The molecule has 52 nitrogen and oxygen atoms in total. The van der Waals surface area contributed by atoms with Gasteiger partial charge in [-0.15, -0.1) is 0 Å². The molecule has 126 heavy (non-hydrogen) atoms. The Balaban J connectivity index is -0.0000000120. The predicted octanol–water partition coefficient (Wildman–Crippen LogP) is -6.91. The van der Waals surface area contributed by atoms with Crippen molar-refractivity contribution in [2.24, 2.45) is 57.3 Å². The number of carbonyl (C=O) groups is 2. The molecule has 58 heteroatoms. The Hall–Kier alpha value is -3.32. The number of carbonyl (C=O) groups excluding carboxylic acids is 2. The third-order valence-electron chi connectivity index (χ3n) is 2.93. The van der Waals surface area contributed by atoms with Crippen LogP contribution in [0.4, 0.5) is 0 Å². The van der Waals surface area contributed by atoms with Crippen molar-refractivity contribution in [3.8, 4) is 0 Å². The maximum atomic E-state index is 10.7. The molecule has 0 heterocycles. The predicted molar refractivity (Wildman–Crippen MR) is 538 cm³/mol. The van der Waals surface area contributed by atoms with E-state index < -0.39 is 66.1 Å². The van der Waals surface area contributed by atoms with Crippen molar-refractivity contribution in [2.75, 3.05) is 296 Å². The van der Waals surface area contributed by atoms with Gasteiger partial charge in [0, 0.05) is 198 Å². The summed E-state index contributed by atoms with van der Waals surface area (Å²) in [5.41, 5.74) is 45.0. The average molecular weight is 2050 g/mol. The van der Waals surface area contributed by atoms with Gasteiger partial charge >= 0.3 is 11.9 Å². The molecule has 42 N–H and O–H groups in total. The number of hydrogen-bond donors (Lipinski definition) is 32. The second-order valence-electron chi connectivity index (χ2n) is 7.93. The molecule has 0 rings (SSSR count). The fourth-order valence-corrected chi connectivity index (χ4v) is 1.97. The Morgan fingerprint density at radius 1 is 0.286 bits per heavy atom. The maximum absolute atomic E-state index is 10.7. The lowest BCUT2D eigenvalue weighted by atomic mass is 10.4. The number of sulfone groups is 2. The lowest BCUT2D eigenvalue weighted by Crippen LogP contribution is -2.20. The van der Waals surface area contributed by atoms with Crippen molar-refractivity contribution in [2.45, 2.75) is 131 Å². The van der Waals surface area contributed by atoms with Gasteiger partial charge in [-0.25, -0.2) is 55.3 Å². The van der Waals surface area contributed by atoms with Gasteiger partial charge < -0.3 is 198 Å². The van der Waals surface area contributed by atoms with Crippen LogP contribution in [0.5, 0.6) is 0 Å². The molecule has 0 aliphatic rings. The molecule has 0 bridgehead atoms. The first-order valence-corrected chi connectivity index (χ1v) is 46.1. The molecule has 0 aliphatic heterocycles. The second kappa shape index (κ2) is 690. The van der Waals surface area contributed by atoms with Crippen LogP contribution >= 0.6 is 0 Å². The molecule has 0 unspecified atom stereocenters. The lowest BCUT2D eigenvalue weighted by Gasteiger charge is -1.97. The van der Waals surface area contributed by atoms with Crippen LogP contribution in [0.3, 0.4) is 0 Å². The number of ether oxygens (including phenoxy) is 2. The summed E-state index contributed by atoms with van der Waals surface area (Å²) in [5.74, 6) is 0.0832. The molecule has 0 fully saturated rings. The average Bonchev–Trinajstić information content (AvgIpc) is 0.972. The van der Waals surface area contributed by atoms with Gasteiger partial charge in [-0.2, -0.15) is 0 Å².